The van der Waals surface area contributed by atoms with Gasteiger partial charge in [0.2, 0.25) is 0 Å². The normalized spacial score (nSPS) is 13.7. The Kier molecular flexibility index (Phi) is 7.23. The number of furan rings is 1. The topological polar surface area (TPSA) is 98.9 Å². The number of aryl methyl sites for hydroxylation is 2. The van der Waals surface area contributed by atoms with Crippen molar-refractivity contribution >= 4 is 11.9 Å². The van der Waals surface area contributed by atoms with Crippen molar-refractivity contribution in [1.29, 1.82) is 0 Å². The van der Waals surface area contributed by atoms with Gasteiger partial charge < -0.3 is 25.5 Å². The van der Waals surface area contributed by atoms with E-state index in [1.807, 2.05) is 39.0 Å². The lowest BCUT2D eigenvalue weighted by atomic mass is 9.96. The second-order valence-electron chi connectivity index (χ2n) is 6.93. The standard InChI is InChI=1S/C21H30N4O3/c1-6-23-20(24-12-16-7-9-17(10-8-16)19(26)22-5)25-13-21(4,27)18-11-14(2)28-15(18)3/h7-11,27H,6,12-13H2,1-5H3,(H,22,26)(H2,23,24,25). The van der Waals surface area contributed by atoms with Crippen molar-refractivity contribution < 1.29 is 14.3 Å². The molecule has 1 atom stereocenters. The van der Waals surface area contributed by atoms with Crippen molar-refractivity contribution in [2.24, 2.45) is 4.99 Å². The minimum atomic E-state index is -1.09. The number of nitrogens with one attached hydrogen (secondary N) is 3. The number of nitrogens with zero attached hydrogens (tertiary/aromatic N) is 1. The molecule has 0 spiro atoms. The molecule has 28 heavy (non-hydrogen) atoms. The largest absolute Gasteiger partial charge is 0.466 e. The highest BCUT2D eigenvalue weighted by Gasteiger charge is 2.27. The molecule has 1 amide bonds. The van der Waals surface area contributed by atoms with E-state index in [-0.39, 0.29) is 12.5 Å². The molecule has 7 nitrogen and oxygen atoms in total. The zero-order valence-corrected chi connectivity index (χ0v) is 17.2. The van der Waals surface area contributed by atoms with Gasteiger partial charge in [0.1, 0.15) is 17.1 Å². The van der Waals surface area contributed by atoms with E-state index in [0.29, 0.717) is 30.4 Å². The summed E-state index contributed by atoms with van der Waals surface area (Å²) >= 11 is 0. The van der Waals surface area contributed by atoms with E-state index in [2.05, 4.69) is 20.9 Å². The number of guanidine groups is 1. The number of aliphatic imine (C=N–C) groups is 1. The van der Waals surface area contributed by atoms with E-state index in [1.165, 1.54) is 0 Å². The second kappa shape index (κ2) is 9.41. The second-order valence-corrected chi connectivity index (χ2v) is 6.93. The van der Waals surface area contributed by atoms with E-state index in [4.69, 9.17) is 4.42 Å². The molecule has 0 fully saturated rings. The van der Waals surface area contributed by atoms with Gasteiger partial charge in [-0.3, -0.25) is 4.79 Å². The first kappa shape index (κ1) is 21.5. The van der Waals surface area contributed by atoms with Crippen LogP contribution in [0, 0.1) is 13.8 Å². The molecule has 0 radical (unpaired) electrons. The maximum Gasteiger partial charge on any atom is 0.251 e. The number of rotatable bonds is 7. The predicted molar refractivity (Wildman–Crippen MR) is 110 cm³/mol. The Morgan fingerprint density at radius 3 is 2.43 bits per heavy atom. The maximum atomic E-state index is 11.6. The number of benzene rings is 1. The summed E-state index contributed by atoms with van der Waals surface area (Å²) < 4.78 is 5.53. The Morgan fingerprint density at radius 2 is 1.89 bits per heavy atom. The lowest BCUT2D eigenvalue weighted by Crippen LogP contribution is -2.44. The zero-order valence-electron chi connectivity index (χ0n) is 17.2. The zero-order chi connectivity index (χ0) is 20.7. The smallest absolute Gasteiger partial charge is 0.251 e. The summed E-state index contributed by atoms with van der Waals surface area (Å²) in [5, 5.41) is 19.8. The summed E-state index contributed by atoms with van der Waals surface area (Å²) in [6.45, 7) is 8.88. The van der Waals surface area contributed by atoms with Crippen LogP contribution in [-0.4, -0.2) is 37.1 Å². The van der Waals surface area contributed by atoms with Crippen molar-refractivity contribution in [1.82, 2.24) is 16.0 Å². The molecule has 1 heterocycles. The molecule has 0 aliphatic rings. The van der Waals surface area contributed by atoms with Crippen LogP contribution in [-0.2, 0) is 12.1 Å². The van der Waals surface area contributed by atoms with Gasteiger partial charge in [-0.05, 0) is 51.5 Å². The molecule has 1 aromatic carbocycles. The molecular formula is C21H30N4O3. The fourth-order valence-electron chi connectivity index (χ4n) is 2.93. The van der Waals surface area contributed by atoms with Crippen molar-refractivity contribution in [2.45, 2.75) is 39.8 Å². The van der Waals surface area contributed by atoms with Crippen molar-refractivity contribution in [3.63, 3.8) is 0 Å². The summed E-state index contributed by atoms with van der Waals surface area (Å²) in [5.41, 5.74) is 1.27. The van der Waals surface area contributed by atoms with Crippen molar-refractivity contribution in [3.05, 3.63) is 58.5 Å². The van der Waals surface area contributed by atoms with Gasteiger partial charge in [0.15, 0.2) is 5.96 Å². The Morgan fingerprint density at radius 1 is 1.21 bits per heavy atom. The summed E-state index contributed by atoms with van der Waals surface area (Å²) in [6, 6.07) is 9.17. The van der Waals surface area contributed by atoms with Crippen LogP contribution in [0.3, 0.4) is 0 Å². The van der Waals surface area contributed by atoms with E-state index in [0.717, 1.165) is 16.9 Å². The van der Waals surface area contributed by atoms with Crippen LogP contribution in [0.25, 0.3) is 0 Å². The Hall–Kier alpha value is -2.80. The van der Waals surface area contributed by atoms with Crippen LogP contribution in [0.15, 0.2) is 39.7 Å². The Bertz CT molecular complexity index is 823. The molecule has 2 rings (SSSR count). The van der Waals surface area contributed by atoms with Gasteiger partial charge in [0, 0.05) is 24.7 Å². The van der Waals surface area contributed by atoms with Crippen LogP contribution in [0.4, 0.5) is 0 Å². The molecule has 0 aliphatic heterocycles. The molecule has 0 saturated heterocycles. The van der Waals surface area contributed by atoms with Gasteiger partial charge >= 0.3 is 0 Å². The third-order valence-corrected chi connectivity index (χ3v) is 4.43. The fourth-order valence-corrected chi connectivity index (χ4v) is 2.93. The van der Waals surface area contributed by atoms with Crippen LogP contribution in [0.2, 0.25) is 0 Å². The monoisotopic (exact) mass is 386 g/mol. The van der Waals surface area contributed by atoms with Gasteiger partial charge in [0.05, 0.1) is 13.1 Å². The first-order valence-corrected chi connectivity index (χ1v) is 9.40. The highest BCUT2D eigenvalue weighted by atomic mass is 16.3. The Balaban J connectivity index is 2.04. The predicted octanol–water partition coefficient (Wildman–Crippen LogP) is 2.22. The molecular weight excluding hydrogens is 356 g/mol. The quantitative estimate of drug-likeness (QED) is 0.432. The van der Waals surface area contributed by atoms with Crippen LogP contribution < -0.4 is 16.0 Å². The molecule has 7 heteroatoms. The van der Waals surface area contributed by atoms with Gasteiger partial charge in [-0.15, -0.1) is 0 Å². The number of hydrogen-bond acceptors (Lipinski definition) is 4. The molecule has 2 aromatic rings. The number of carbonyl (C=O) groups excluding carboxylic acids is 1. The van der Waals surface area contributed by atoms with E-state index < -0.39 is 5.60 Å². The summed E-state index contributed by atoms with van der Waals surface area (Å²) in [4.78, 5) is 16.2. The third-order valence-electron chi connectivity index (χ3n) is 4.43. The van der Waals surface area contributed by atoms with E-state index >= 15 is 0 Å². The SMILES string of the molecule is CCNC(=NCc1ccc(C(=O)NC)cc1)NCC(C)(O)c1cc(C)oc1C. The number of carbonyl (C=O) groups is 1. The Labute approximate surface area is 166 Å². The summed E-state index contributed by atoms with van der Waals surface area (Å²) in [6.07, 6.45) is 0. The van der Waals surface area contributed by atoms with Crippen molar-refractivity contribution in [2.75, 3.05) is 20.1 Å². The first-order valence-electron chi connectivity index (χ1n) is 9.40. The van der Waals surface area contributed by atoms with Gasteiger partial charge in [0.25, 0.3) is 5.91 Å². The highest BCUT2D eigenvalue weighted by molar-refractivity contribution is 5.93. The maximum absolute atomic E-state index is 11.6. The molecule has 0 saturated carbocycles. The lowest BCUT2D eigenvalue weighted by molar-refractivity contribution is 0.0601. The number of aliphatic hydroxyl groups is 1. The van der Waals surface area contributed by atoms with Crippen LogP contribution in [0.5, 0.6) is 0 Å². The van der Waals surface area contributed by atoms with Crippen LogP contribution >= 0.6 is 0 Å². The first-order chi connectivity index (χ1) is 13.3. The number of hydrogen-bond donors (Lipinski definition) is 4. The third kappa shape index (κ3) is 5.60. The molecule has 4 N–H and O–H groups in total. The summed E-state index contributed by atoms with van der Waals surface area (Å²) in [7, 11) is 1.61. The van der Waals surface area contributed by atoms with Crippen LogP contribution in [0.1, 0.15) is 46.9 Å². The summed E-state index contributed by atoms with van der Waals surface area (Å²) in [5.74, 6) is 1.98. The lowest BCUT2D eigenvalue weighted by Gasteiger charge is -2.24. The minimum Gasteiger partial charge on any atom is -0.466 e. The van der Waals surface area contributed by atoms with E-state index in [1.54, 1.807) is 26.1 Å². The van der Waals surface area contributed by atoms with Gasteiger partial charge in [-0.25, -0.2) is 4.99 Å². The number of amides is 1. The highest BCUT2D eigenvalue weighted by Crippen LogP contribution is 2.26. The molecule has 1 aromatic heterocycles. The fraction of sp³-hybridized carbons (Fsp3) is 0.429. The van der Waals surface area contributed by atoms with E-state index in [9.17, 15) is 9.90 Å². The average Bonchev–Trinajstić information content (AvgIpc) is 3.03. The molecule has 1 unspecified atom stereocenters. The minimum absolute atomic E-state index is 0.114. The molecule has 0 bridgehead atoms. The van der Waals surface area contributed by atoms with Gasteiger partial charge in [-0.2, -0.15) is 0 Å². The molecule has 152 valence electrons. The molecule has 0 aliphatic carbocycles. The van der Waals surface area contributed by atoms with Crippen molar-refractivity contribution in [3.8, 4) is 0 Å². The average molecular weight is 386 g/mol. The van der Waals surface area contributed by atoms with Gasteiger partial charge in [-0.1, -0.05) is 12.1 Å².